The van der Waals surface area contributed by atoms with E-state index in [1.165, 1.54) is 6.26 Å². The molecule has 2 aromatic heterocycles. The van der Waals surface area contributed by atoms with Crippen molar-refractivity contribution in [3.8, 4) is 11.6 Å². The first-order chi connectivity index (χ1) is 8.55. The molecule has 0 unspecified atom stereocenters. The Morgan fingerprint density at radius 1 is 1.28 bits per heavy atom. The van der Waals surface area contributed by atoms with E-state index in [9.17, 15) is 4.79 Å². The number of carbonyl (C=O) groups excluding carboxylic acids is 1. The third kappa shape index (κ3) is 1.83. The van der Waals surface area contributed by atoms with Crippen LogP contribution in [0.3, 0.4) is 0 Å². The molecule has 4 heteroatoms. The van der Waals surface area contributed by atoms with Crippen LogP contribution in [0.1, 0.15) is 36.3 Å². The summed E-state index contributed by atoms with van der Waals surface area (Å²) in [7, 11) is 0. The summed E-state index contributed by atoms with van der Waals surface area (Å²) < 4.78 is 5.23. The van der Waals surface area contributed by atoms with Crippen molar-refractivity contribution in [2.45, 2.75) is 26.7 Å². The van der Waals surface area contributed by atoms with Gasteiger partial charge in [-0.25, -0.2) is 9.97 Å². The Labute approximate surface area is 105 Å². The molecule has 0 spiro atoms. The summed E-state index contributed by atoms with van der Waals surface area (Å²) in [4.78, 5) is 20.6. The molecule has 92 valence electrons. The van der Waals surface area contributed by atoms with E-state index in [4.69, 9.17) is 4.42 Å². The van der Waals surface area contributed by atoms with Crippen LogP contribution in [0.15, 0.2) is 29.0 Å². The van der Waals surface area contributed by atoms with Gasteiger partial charge in [0, 0.05) is 12.0 Å². The van der Waals surface area contributed by atoms with Crippen molar-refractivity contribution in [1.82, 2.24) is 9.97 Å². The van der Waals surface area contributed by atoms with Crippen LogP contribution in [-0.2, 0) is 6.42 Å². The average molecular weight is 242 g/mol. The number of oxazole rings is 1. The lowest BCUT2D eigenvalue weighted by atomic mass is 9.75. The Kier molecular flexibility index (Phi) is 2.33. The summed E-state index contributed by atoms with van der Waals surface area (Å²) >= 11 is 0. The SMILES string of the molecule is CC1(C)CC(=O)c2ccc(-c3ncco3)nc2C1. The maximum atomic E-state index is 12.0. The second-order valence-corrected chi connectivity index (χ2v) is 5.47. The van der Waals surface area contributed by atoms with Gasteiger partial charge in [0.15, 0.2) is 5.78 Å². The highest BCUT2D eigenvalue weighted by Gasteiger charge is 2.32. The minimum absolute atomic E-state index is 0.0215. The van der Waals surface area contributed by atoms with Gasteiger partial charge >= 0.3 is 0 Å². The van der Waals surface area contributed by atoms with Gasteiger partial charge in [-0.2, -0.15) is 0 Å². The van der Waals surface area contributed by atoms with Crippen LogP contribution in [0.5, 0.6) is 0 Å². The molecule has 0 radical (unpaired) electrons. The van der Waals surface area contributed by atoms with Crippen LogP contribution in [0.25, 0.3) is 11.6 Å². The molecule has 0 saturated carbocycles. The number of carbonyl (C=O) groups is 1. The topological polar surface area (TPSA) is 56.0 Å². The van der Waals surface area contributed by atoms with Gasteiger partial charge in [-0.05, 0) is 24.0 Å². The molecule has 3 rings (SSSR count). The third-order valence-corrected chi connectivity index (χ3v) is 3.21. The number of rotatable bonds is 1. The maximum Gasteiger partial charge on any atom is 0.244 e. The van der Waals surface area contributed by atoms with E-state index in [1.54, 1.807) is 12.3 Å². The molecule has 2 heterocycles. The molecular weight excluding hydrogens is 228 g/mol. The second-order valence-electron chi connectivity index (χ2n) is 5.47. The number of fused-ring (bicyclic) bond motifs is 1. The standard InChI is InChI=1S/C14H14N2O2/c1-14(2)7-11-9(12(17)8-14)3-4-10(16-11)13-15-5-6-18-13/h3-6H,7-8H2,1-2H3. The van der Waals surface area contributed by atoms with Crippen LogP contribution in [0.2, 0.25) is 0 Å². The normalized spacial score (nSPS) is 17.6. The van der Waals surface area contributed by atoms with Gasteiger partial charge in [0.1, 0.15) is 12.0 Å². The zero-order valence-corrected chi connectivity index (χ0v) is 10.4. The molecule has 0 saturated heterocycles. The van der Waals surface area contributed by atoms with Gasteiger partial charge in [0.05, 0.1) is 11.9 Å². The highest BCUT2D eigenvalue weighted by atomic mass is 16.3. The fourth-order valence-electron chi connectivity index (χ4n) is 2.40. The highest BCUT2D eigenvalue weighted by molar-refractivity contribution is 5.98. The first-order valence-electron chi connectivity index (χ1n) is 5.98. The third-order valence-electron chi connectivity index (χ3n) is 3.21. The Morgan fingerprint density at radius 3 is 2.83 bits per heavy atom. The molecule has 0 N–H and O–H groups in total. The van der Waals surface area contributed by atoms with Crippen molar-refractivity contribution in [3.05, 3.63) is 35.9 Å². The molecule has 0 aromatic carbocycles. The number of ketones is 1. The van der Waals surface area contributed by atoms with Gasteiger partial charge in [-0.1, -0.05) is 13.8 Å². The van der Waals surface area contributed by atoms with E-state index in [-0.39, 0.29) is 11.2 Å². The molecule has 0 atom stereocenters. The Morgan fingerprint density at radius 2 is 2.11 bits per heavy atom. The summed E-state index contributed by atoms with van der Waals surface area (Å²) in [5, 5.41) is 0. The number of nitrogens with zero attached hydrogens (tertiary/aromatic N) is 2. The van der Waals surface area contributed by atoms with Crippen LogP contribution in [-0.4, -0.2) is 15.8 Å². The number of hydrogen-bond donors (Lipinski definition) is 0. The quantitative estimate of drug-likeness (QED) is 0.771. The lowest BCUT2D eigenvalue weighted by molar-refractivity contribution is 0.0910. The van der Waals surface area contributed by atoms with Gasteiger partial charge < -0.3 is 4.42 Å². The van der Waals surface area contributed by atoms with Crippen molar-refractivity contribution in [1.29, 1.82) is 0 Å². The van der Waals surface area contributed by atoms with Crippen molar-refractivity contribution < 1.29 is 9.21 Å². The van der Waals surface area contributed by atoms with E-state index in [0.717, 1.165) is 17.7 Å². The summed E-state index contributed by atoms with van der Waals surface area (Å²) in [6.07, 6.45) is 4.50. The molecular formula is C14H14N2O2. The first kappa shape index (κ1) is 11.1. The van der Waals surface area contributed by atoms with Gasteiger partial charge in [-0.3, -0.25) is 4.79 Å². The van der Waals surface area contributed by atoms with E-state index in [2.05, 4.69) is 23.8 Å². The molecule has 0 aliphatic heterocycles. The predicted octanol–water partition coefficient (Wildman–Crippen LogP) is 2.89. The molecule has 2 aromatic rings. The highest BCUT2D eigenvalue weighted by Crippen LogP contribution is 2.34. The smallest absolute Gasteiger partial charge is 0.244 e. The van der Waals surface area contributed by atoms with E-state index < -0.39 is 0 Å². The van der Waals surface area contributed by atoms with E-state index >= 15 is 0 Å². The van der Waals surface area contributed by atoms with Gasteiger partial charge in [-0.15, -0.1) is 0 Å². The lowest BCUT2D eigenvalue weighted by Gasteiger charge is -2.29. The van der Waals surface area contributed by atoms with E-state index in [1.807, 2.05) is 6.07 Å². The fourth-order valence-corrected chi connectivity index (χ4v) is 2.40. The minimum atomic E-state index is -0.0215. The predicted molar refractivity (Wildman–Crippen MR) is 66.2 cm³/mol. The molecule has 1 aliphatic carbocycles. The molecule has 0 bridgehead atoms. The Balaban J connectivity index is 2.08. The summed E-state index contributed by atoms with van der Waals surface area (Å²) in [6, 6.07) is 3.63. The largest absolute Gasteiger partial charge is 0.443 e. The van der Waals surface area contributed by atoms with Crippen molar-refractivity contribution in [2.75, 3.05) is 0 Å². The molecule has 0 amide bonds. The number of Topliss-reactive ketones (excluding diaryl/α,β-unsaturated/α-hetero) is 1. The minimum Gasteiger partial charge on any atom is -0.443 e. The van der Waals surface area contributed by atoms with E-state index in [0.29, 0.717) is 18.0 Å². The van der Waals surface area contributed by atoms with Gasteiger partial charge in [0.2, 0.25) is 5.89 Å². The zero-order valence-electron chi connectivity index (χ0n) is 10.4. The van der Waals surface area contributed by atoms with Crippen molar-refractivity contribution >= 4 is 5.78 Å². The van der Waals surface area contributed by atoms with Crippen LogP contribution in [0, 0.1) is 5.41 Å². The summed E-state index contributed by atoms with van der Waals surface area (Å²) in [5.41, 5.74) is 2.26. The lowest BCUT2D eigenvalue weighted by Crippen LogP contribution is -2.27. The molecule has 1 aliphatic rings. The first-order valence-corrected chi connectivity index (χ1v) is 5.98. The molecule has 0 fully saturated rings. The zero-order chi connectivity index (χ0) is 12.8. The molecule has 18 heavy (non-hydrogen) atoms. The number of pyridine rings is 1. The van der Waals surface area contributed by atoms with Crippen LogP contribution < -0.4 is 0 Å². The van der Waals surface area contributed by atoms with Gasteiger partial charge in [0.25, 0.3) is 0 Å². The molecule has 4 nitrogen and oxygen atoms in total. The summed E-state index contributed by atoms with van der Waals surface area (Å²) in [6.45, 7) is 4.18. The fraction of sp³-hybridized carbons (Fsp3) is 0.357. The number of aromatic nitrogens is 2. The second kappa shape index (κ2) is 3.77. The monoisotopic (exact) mass is 242 g/mol. The van der Waals surface area contributed by atoms with Crippen molar-refractivity contribution in [3.63, 3.8) is 0 Å². The van der Waals surface area contributed by atoms with Crippen LogP contribution >= 0.6 is 0 Å². The Bertz CT molecular complexity index is 600. The summed E-state index contributed by atoms with van der Waals surface area (Å²) in [5.74, 6) is 0.668. The Hall–Kier alpha value is -1.97. The number of hydrogen-bond acceptors (Lipinski definition) is 4. The van der Waals surface area contributed by atoms with Crippen LogP contribution in [0.4, 0.5) is 0 Å². The average Bonchev–Trinajstić information content (AvgIpc) is 2.79. The van der Waals surface area contributed by atoms with Crippen molar-refractivity contribution in [2.24, 2.45) is 5.41 Å². The maximum absolute atomic E-state index is 12.0.